The second-order valence-corrected chi connectivity index (χ2v) is 8.90. The zero-order chi connectivity index (χ0) is 22.6. The van der Waals surface area contributed by atoms with E-state index < -0.39 is 10.0 Å². The Bertz CT molecular complexity index is 1180. The van der Waals surface area contributed by atoms with Crippen LogP contribution >= 0.6 is 11.6 Å². The van der Waals surface area contributed by atoms with E-state index in [2.05, 4.69) is 5.32 Å². The van der Waals surface area contributed by atoms with Crippen LogP contribution in [0.25, 0.3) is 0 Å². The van der Waals surface area contributed by atoms with Gasteiger partial charge in [-0.1, -0.05) is 11.6 Å². The van der Waals surface area contributed by atoms with Crippen LogP contribution < -0.4 is 19.1 Å². The first kappa shape index (κ1) is 22.5. The zero-order valence-electron chi connectivity index (χ0n) is 17.1. The highest BCUT2D eigenvalue weighted by Gasteiger charge is 2.21. The summed E-state index contributed by atoms with van der Waals surface area (Å²) in [6, 6.07) is 17.2. The van der Waals surface area contributed by atoms with Gasteiger partial charge in [0.05, 0.1) is 24.8 Å². The van der Waals surface area contributed by atoms with Gasteiger partial charge in [-0.2, -0.15) is 0 Å². The fourth-order valence-electron chi connectivity index (χ4n) is 2.84. The molecule has 3 aromatic rings. The highest BCUT2D eigenvalue weighted by atomic mass is 35.5. The van der Waals surface area contributed by atoms with E-state index in [1.165, 1.54) is 45.5 Å². The number of methoxy groups -OCH3 is 2. The van der Waals surface area contributed by atoms with E-state index in [0.29, 0.717) is 33.5 Å². The van der Waals surface area contributed by atoms with E-state index in [-0.39, 0.29) is 10.8 Å². The minimum atomic E-state index is -3.76. The molecule has 0 fully saturated rings. The average molecular weight is 461 g/mol. The summed E-state index contributed by atoms with van der Waals surface area (Å²) in [5, 5.41) is 3.23. The molecule has 0 radical (unpaired) electrons. The Hall–Kier alpha value is -3.23. The van der Waals surface area contributed by atoms with Crippen molar-refractivity contribution in [2.24, 2.45) is 0 Å². The summed E-state index contributed by atoms with van der Waals surface area (Å²) in [6.45, 7) is 0. The summed E-state index contributed by atoms with van der Waals surface area (Å²) < 4.78 is 37.2. The number of amides is 1. The first-order valence-electron chi connectivity index (χ1n) is 9.14. The van der Waals surface area contributed by atoms with Gasteiger partial charge >= 0.3 is 0 Å². The summed E-state index contributed by atoms with van der Waals surface area (Å²) in [4.78, 5) is 12.7. The molecule has 0 spiro atoms. The number of hydrogen-bond acceptors (Lipinski definition) is 5. The molecule has 0 saturated carbocycles. The number of anilines is 2. The molecule has 31 heavy (non-hydrogen) atoms. The molecule has 0 aliphatic rings. The van der Waals surface area contributed by atoms with Gasteiger partial charge in [0.1, 0.15) is 0 Å². The number of ether oxygens (including phenoxy) is 2. The molecule has 0 aliphatic carbocycles. The predicted molar refractivity (Wildman–Crippen MR) is 121 cm³/mol. The highest BCUT2D eigenvalue weighted by molar-refractivity contribution is 7.92. The molecule has 9 heteroatoms. The Morgan fingerprint density at radius 3 is 2.10 bits per heavy atom. The van der Waals surface area contributed by atoms with Gasteiger partial charge < -0.3 is 14.8 Å². The first-order valence-corrected chi connectivity index (χ1v) is 11.0. The number of nitrogens with one attached hydrogen (secondary N) is 1. The van der Waals surface area contributed by atoms with Crippen molar-refractivity contribution >= 4 is 38.9 Å². The lowest BCUT2D eigenvalue weighted by atomic mass is 10.2. The Morgan fingerprint density at radius 2 is 1.52 bits per heavy atom. The molecule has 162 valence electrons. The molecule has 0 bridgehead atoms. The van der Waals surface area contributed by atoms with Gasteiger partial charge in [-0.25, -0.2) is 8.42 Å². The monoisotopic (exact) mass is 460 g/mol. The Morgan fingerprint density at radius 1 is 0.903 bits per heavy atom. The second-order valence-electron chi connectivity index (χ2n) is 6.50. The van der Waals surface area contributed by atoms with E-state index >= 15 is 0 Å². The summed E-state index contributed by atoms with van der Waals surface area (Å²) in [6.07, 6.45) is 0. The standard InChI is InChI=1S/C22H21ClN2O5S/c1-25(31(27,28)19-11-6-16(23)7-12-19)18-9-4-15(5-10-18)22(26)24-17-8-13-20(29-2)21(14-17)30-3/h4-14H,1-3H3,(H,24,26). The van der Waals surface area contributed by atoms with E-state index in [4.69, 9.17) is 21.1 Å². The molecular formula is C22H21ClN2O5S. The largest absolute Gasteiger partial charge is 0.493 e. The summed E-state index contributed by atoms with van der Waals surface area (Å²) in [5.74, 6) is 0.696. The lowest BCUT2D eigenvalue weighted by molar-refractivity contribution is 0.102. The maximum atomic E-state index is 12.8. The Balaban J connectivity index is 1.76. The van der Waals surface area contributed by atoms with Crippen molar-refractivity contribution in [3.05, 3.63) is 77.3 Å². The number of rotatable bonds is 7. The van der Waals surface area contributed by atoms with Crippen molar-refractivity contribution in [3.63, 3.8) is 0 Å². The van der Waals surface area contributed by atoms with Gasteiger partial charge in [-0.05, 0) is 60.7 Å². The third-order valence-corrected chi connectivity index (χ3v) is 6.66. The van der Waals surface area contributed by atoms with E-state index in [1.54, 1.807) is 42.5 Å². The summed E-state index contributed by atoms with van der Waals surface area (Å²) in [7, 11) is 0.731. The van der Waals surface area contributed by atoms with Crippen LogP contribution in [0.15, 0.2) is 71.6 Å². The van der Waals surface area contributed by atoms with Crippen LogP contribution in [0.5, 0.6) is 11.5 Å². The molecule has 1 amide bonds. The van der Waals surface area contributed by atoms with Gasteiger partial charge in [0, 0.05) is 29.4 Å². The first-order chi connectivity index (χ1) is 14.8. The minimum absolute atomic E-state index is 0.120. The molecule has 0 saturated heterocycles. The molecule has 0 atom stereocenters. The van der Waals surface area contributed by atoms with E-state index in [9.17, 15) is 13.2 Å². The van der Waals surface area contributed by atoms with E-state index in [1.807, 2.05) is 0 Å². The molecule has 3 aromatic carbocycles. The van der Waals surface area contributed by atoms with Gasteiger partial charge in [0.25, 0.3) is 15.9 Å². The maximum absolute atomic E-state index is 12.8. The number of nitrogens with zero attached hydrogens (tertiary/aromatic N) is 1. The molecule has 0 heterocycles. The third kappa shape index (κ3) is 4.92. The number of benzene rings is 3. The molecule has 0 aliphatic heterocycles. The van der Waals surface area contributed by atoms with Crippen molar-refractivity contribution in [2.75, 3.05) is 30.9 Å². The number of halogens is 1. The predicted octanol–water partition coefficient (Wildman–Crippen LogP) is 4.43. The van der Waals surface area contributed by atoms with Crippen LogP contribution in [0.2, 0.25) is 5.02 Å². The molecular weight excluding hydrogens is 440 g/mol. The van der Waals surface area contributed by atoms with Crippen molar-refractivity contribution < 1.29 is 22.7 Å². The average Bonchev–Trinajstić information content (AvgIpc) is 2.78. The molecule has 7 nitrogen and oxygen atoms in total. The fourth-order valence-corrected chi connectivity index (χ4v) is 4.16. The highest BCUT2D eigenvalue weighted by Crippen LogP contribution is 2.30. The maximum Gasteiger partial charge on any atom is 0.264 e. The number of sulfonamides is 1. The van der Waals surface area contributed by atoms with Crippen LogP contribution in [0.4, 0.5) is 11.4 Å². The van der Waals surface area contributed by atoms with Crippen molar-refractivity contribution in [1.29, 1.82) is 0 Å². The van der Waals surface area contributed by atoms with Crippen molar-refractivity contribution in [2.45, 2.75) is 4.90 Å². The quantitative estimate of drug-likeness (QED) is 0.563. The lowest BCUT2D eigenvalue weighted by Crippen LogP contribution is -2.26. The third-order valence-electron chi connectivity index (χ3n) is 4.61. The van der Waals surface area contributed by atoms with Gasteiger partial charge in [-0.15, -0.1) is 0 Å². The van der Waals surface area contributed by atoms with E-state index in [0.717, 1.165) is 4.31 Å². The van der Waals surface area contributed by atoms with Crippen molar-refractivity contribution in [3.8, 4) is 11.5 Å². The smallest absolute Gasteiger partial charge is 0.264 e. The van der Waals surface area contributed by atoms with Crippen molar-refractivity contribution in [1.82, 2.24) is 0 Å². The van der Waals surface area contributed by atoms with Gasteiger partial charge in [0.2, 0.25) is 0 Å². The number of carbonyl (C=O) groups is 1. The topological polar surface area (TPSA) is 84.9 Å². The SMILES string of the molecule is COc1ccc(NC(=O)c2ccc(N(C)S(=O)(=O)c3ccc(Cl)cc3)cc2)cc1OC. The number of hydrogen-bond donors (Lipinski definition) is 1. The van der Waals surface area contributed by atoms with Gasteiger partial charge in [-0.3, -0.25) is 9.10 Å². The van der Waals surface area contributed by atoms with Crippen LogP contribution in [-0.4, -0.2) is 35.6 Å². The fraction of sp³-hybridized carbons (Fsp3) is 0.136. The second kappa shape index (κ2) is 9.28. The molecule has 0 aromatic heterocycles. The Labute approximate surface area is 186 Å². The van der Waals surface area contributed by atoms with Crippen LogP contribution in [-0.2, 0) is 10.0 Å². The van der Waals surface area contributed by atoms with Crippen LogP contribution in [0, 0.1) is 0 Å². The lowest BCUT2D eigenvalue weighted by Gasteiger charge is -2.20. The molecule has 1 N–H and O–H groups in total. The molecule has 0 unspecified atom stereocenters. The Kier molecular flexibility index (Phi) is 6.72. The normalized spacial score (nSPS) is 11.0. The minimum Gasteiger partial charge on any atom is -0.493 e. The van der Waals surface area contributed by atoms with Crippen LogP contribution in [0.1, 0.15) is 10.4 Å². The molecule has 3 rings (SSSR count). The van der Waals surface area contributed by atoms with Crippen LogP contribution in [0.3, 0.4) is 0 Å². The summed E-state index contributed by atoms with van der Waals surface area (Å²) in [5.41, 5.74) is 1.32. The van der Waals surface area contributed by atoms with Gasteiger partial charge in [0.15, 0.2) is 11.5 Å². The zero-order valence-corrected chi connectivity index (χ0v) is 18.7. The number of carbonyl (C=O) groups excluding carboxylic acids is 1. The summed E-state index contributed by atoms with van der Waals surface area (Å²) >= 11 is 5.84.